The highest BCUT2D eigenvalue weighted by atomic mass is 32.2. The minimum atomic E-state index is -4.68. The predicted octanol–water partition coefficient (Wildman–Crippen LogP) is 5.44. The number of unbranched alkanes of at least 4 members (excludes halogenated alkanes) is 1. The molecule has 0 bridgehead atoms. The maximum Gasteiger partial charge on any atom is 0.416 e. The summed E-state index contributed by atoms with van der Waals surface area (Å²) in [6.45, 7) is 7.25. The average molecular weight is 487 g/mol. The SMILES string of the molecule is CCCCNC(=O)N(Cc1cccc(OS(=O)(=O)c2cccc(C(F)(F)F)c2)c1)CC(C)C. The monoisotopic (exact) mass is 486 g/mol. The van der Waals surface area contributed by atoms with Gasteiger partial charge in [0.2, 0.25) is 0 Å². The smallest absolute Gasteiger partial charge is 0.379 e. The number of amides is 2. The second-order valence-corrected chi connectivity index (χ2v) is 9.62. The van der Waals surface area contributed by atoms with E-state index in [0.29, 0.717) is 24.7 Å². The second-order valence-electron chi connectivity index (χ2n) is 8.07. The fourth-order valence-corrected chi connectivity index (χ4v) is 4.03. The van der Waals surface area contributed by atoms with Gasteiger partial charge in [0.05, 0.1) is 5.56 Å². The van der Waals surface area contributed by atoms with E-state index in [-0.39, 0.29) is 24.2 Å². The highest BCUT2D eigenvalue weighted by molar-refractivity contribution is 7.87. The first-order valence-corrected chi connectivity index (χ1v) is 12.1. The number of nitrogens with one attached hydrogen (secondary N) is 1. The molecule has 2 rings (SSSR count). The maximum absolute atomic E-state index is 12.9. The maximum atomic E-state index is 12.9. The summed E-state index contributed by atoms with van der Waals surface area (Å²) in [6, 6.07) is 9.28. The molecule has 0 aromatic heterocycles. The van der Waals surface area contributed by atoms with Crippen molar-refractivity contribution < 1.29 is 30.6 Å². The van der Waals surface area contributed by atoms with Gasteiger partial charge in [0.15, 0.2) is 0 Å². The van der Waals surface area contributed by atoms with Crippen molar-refractivity contribution in [2.24, 2.45) is 5.92 Å². The lowest BCUT2D eigenvalue weighted by molar-refractivity contribution is -0.137. The molecule has 0 aliphatic heterocycles. The van der Waals surface area contributed by atoms with E-state index in [9.17, 15) is 26.4 Å². The summed E-state index contributed by atoms with van der Waals surface area (Å²) in [5.74, 6) is 0.156. The van der Waals surface area contributed by atoms with Crippen LogP contribution in [0.5, 0.6) is 5.75 Å². The van der Waals surface area contributed by atoms with Crippen LogP contribution >= 0.6 is 0 Å². The Bertz CT molecular complexity index is 1040. The van der Waals surface area contributed by atoms with Crippen LogP contribution in [0.3, 0.4) is 0 Å². The third-order valence-electron chi connectivity index (χ3n) is 4.61. The van der Waals surface area contributed by atoms with E-state index in [1.54, 1.807) is 17.0 Å². The molecule has 0 aliphatic carbocycles. The molecule has 1 N–H and O–H groups in total. The highest BCUT2D eigenvalue weighted by Crippen LogP contribution is 2.31. The Hall–Kier alpha value is -2.75. The molecule has 0 saturated heterocycles. The van der Waals surface area contributed by atoms with Gasteiger partial charge in [-0.25, -0.2) is 4.79 Å². The Morgan fingerprint density at radius 1 is 1.12 bits per heavy atom. The molecule has 2 aromatic carbocycles. The van der Waals surface area contributed by atoms with Gasteiger partial charge in [-0.2, -0.15) is 21.6 Å². The molecule has 182 valence electrons. The van der Waals surface area contributed by atoms with Crippen LogP contribution in [0.15, 0.2) is 53.4 Å². The summed E-state index contributed by atoms with van der Waals surface area (Å²) >= 11 is 0. The van der Waals surface area contributed by atoms with Crippen LogP contribution in [-0.2, 0) is 22.8 Å². The molecular weight excluding hydrogens is 457 g/mol. The number of nitrogens with zero attached hydrogens (tertiary/aromatic N) is 1. The van der Waals surface area contributed by atoms with Crippen molar-refractivity contribution in [1.29, 1.82) is 0 Å². The standard InChI is InChI=1S/C23H29F3N2O4S/c1-4-5-12-27-22(29)28(15-17(2)3)16-18-8-6-10-20(13-18)32-33(30,31)21-11-7-9-19(14-21)23(24,25)26/h6-11,13-14,17H,4-5,12,15-16H2,1-3H3,(H,27,29). The number of rotatable bonds is 10. The number of hydrogen-bond donors (Lipinski definition) is 1. The second kappa shape index (κ2) is 11.4. The van der Waals surface area contributed by atoms with E-state index in [0.717, 1.165) is 31.0 Å². The Labute approximate surface area is 192 Å². The van der Waals surface area contributed by atoms with Crippen LogP contribution in [0.25, 0.3) is 0 Å². The van der Waals surface area contributed by atoms with E-state index >= 15 is 0 Å². The predicted molar refractivity (Wildman–Crippen MR) is 119 cm³/mol. The Balaban J connectivity index is 2.19. The third kappa shape index (κ3) is 8.27. The zero-order valence-electron chi connectivity index (χ0n) is 18.9. The van der Waals surface area contributed by atoms with Crippen molar-refractivity contribution in [3.63, 3.8) is 0 Å². The van der Waals surface area contributed by atoms with Crippen LogP contribution in [0, 0.1) is 5.92 Å². The highest BCUT2D eigenvalue weighted by Gasteiger charge is 2.32. The quantitative estimate of drug-likeness (QED) is 0.358. The van der Waals surface area contributed by atoms with E-state index in [1.807, 2.05) is 20.8 Å². The molecule has 0 aliphatic rings. The number of alkyl halides is 3. The van der Waals surface area contributed by atoms with Gasteiger partial charge in [-0.3, -0.25) is 0 Å². The minimum Gasteiger partial charge on any atom is -0.379 e. The molecule has 0 heterocycles. The molecule has 0 fully saturated rings. The van der Waals surface area contributed by atoms with Crippen molar-refractivity contribution in [2.45, 2.75) is 51.2 Å². The van der Waals surface area contributed by atoms with Crippen LogP contribution in [-0.4, -0.2) is 32.4 Å². The first-order chi connectivity index (χ1) is 15.4. The molecule has 0 spiro atoms. The van der Waals surface area contributed by atoms with Crippen molar-refractivity contribution >= 4 is 16.1 Å². The van der Waals surface area contributed by atoms with Crippen LogP contribution in [0.1, 0.15) is 44.7 Å². The van der Waals surface area contributed by atoms with Gasteiger partial charge >= 0.3 is 22.3 Å². The van der Waals surface area contributed by atoms with Gasteiger partial charge < -0.3 is 14.4 Å². The molecule has 2 amide bonds. The first-order valence-electron chi connectivity index (χ1n) is 10.7. The number of benzene rings is 2. The van der Waals surface area contributed by atoms with E-state index < -0.39 is 26.8 Å². The molecule has 33 heavy (non-hydrogen) atoms. The van der Waals surface area contributed by atoms with E-state index in [1.165, 1.54) is 12.1 Å². The molecule has 0 atom stereocenters. The lowest BCUT2D eigenvalue weighted by Gasteiger charge is -2.25. The lowest BCUT2D eigenvalue weighted by atomic mass is 10.1. The fraction of sp³-hybridized carbons (Fsp3) is 0.435. The molecular formula is C23H29F3N2O4S. The summed E-state index contributed by atoms with van der Waals surface area (Å²) in [5.41, 5.74) is -0.461. The summed E-state index contributed by atoms with van der Waals surface area (Å²) < 4.78 is 69.0. The summed E-state index contributed by atoms with van der Waals surface area (Å²) in [4.78, 5) is 13.6. The van der Waals surface area contributed by atoms with Crippen LogP contribution in [0.2, 0.25) is 0 Å². The number of halogens is 3. The van der Waals surface area contributed by atoms with Gasteiger partial charge in [-0.15, -0.1) is 0 Å². The summed E-state index contributed by atoms with van der Waals surface area (Å²) in [7, 11) is -4.48. The molecule has 0 unspecified atom stereocenters. The average Bonchev–Trinajstić information content (AvgIpc) is 2.72. The van der Waals surface area contributed by atoms with Crippen LogP contribution < -0.4 is 9.50 Å². The number of hydrogen-bond acceptors (Lipinski definition) is 4. The molecule has 0 saturated carbocycles. The topological polar surface area (TPSA) is 75.7 Å². The third-order valence-corrected chi connectivity index (χ3v) is 5.85. The van der Waals surface area contributed by atoms with Gasteiger partial charge in [0, 0.05) is 19.6 Å². The van der Waals surface area contributed by atoms with Gasteiger partial charge in [-0.1, -0.05) is 45.4 Å². The van der Waals surface area contributed by atoms with Crippen molar-refractivity contribution in [2.75, 3.05) is 13.1 Å². The zero-order valence-corrected chi connectivity index (χ0v) is 19.7. The van der Waals surface area contributed by atoms with E-state index in [4.69, 9.17) is 4.18 Å². The van der Waals surface area contributed by atoms with Gasteiger partial charge in [0.1, 0.15) is 10.6 Å². The van der Waals surface area contributed by atoms with Gasteiger partial charge in [-0.05, 0) is 48.2 Å². The number of urea groups is 1. The Morgan fingerprint density at radius 2 is 1.82 bits per heavy atom. The largest absolute Gasteiger partial charge is 0.416 e. The summed E-state index contributed by atoms with van der Waals surface area (Å²) in [5, 5.41) is 2.87. The Kier molecular flexibility index (Phi) is 9.16. The van der Waals surface area contributed by atoms with Crippen molar-refractivity contribution in [3.8, 4) is 5.75 Å². The molecule has 2 aromatic rings. The molecule has 0 radical (unpaired) electrons. The minimum absolute atomic E-state index is 0.0548. The molecule has 6 nitrogen and oxygen atoms in total. The Morgan fingerprint density at radius 3 is 2.45 bits per heavy atom. The molecule has 10 heteroatoms. The van der Waals surface area contributed by atoms with Crippen molar-refractivity contribution in [3.05, 3.63) is 59.7 Å². The van der Waals surface area contributed by atoms with Gasteiger partial charge in [0.25, 0.3) is 0 Å². The van der Waals surface area contributed by atoms with Crippen molar-refractivity contribution in [1.82, 2.24) is 10.2 Å². The normalized spacial score (nSPS) is 12.0. The zero-order chi connectivity index (χ0) is 24.6. The lowest BCUT2D eigenvalue weighted by Crippen LogP contribution is -2.41. The van der Waals surface area contributed by atoms with E-state index in [2.05, 4.69) is 5.32 Å². The number of carbonyl (C=O) groups is 1. The number of carbonyl (C=O) groups excluding carboxylic acids is 1. The fourth-order valence-electron chi connectivity index (χ4n) is 3.06. The van der Waals surface area contributed by atoms with Crippen LogP contribution in [0.4, 0.5) is 18.0 Å². The first kappa shape index (κ1) is 26.5. The summed E-state index contributed by atoms with van der Waals surface area (Å²) in [6.07, 6.45) is -2.87.